The molecule has 3 nitrogen and oxygen atoms in total. The molecular formula is C17H29NO2. The Bertz CT molecular complexity index is 389. The molecular weight excluding hydrogens is 250 g/mol. The third-order valence-electron chi connectivity index (χ3n) is 3.13. The summed E-state index contributed by atoms with van der Waals surface area (Å²) in [6, 6.07) is 6.63. The van der Waals surface area contributed by atoms with Crippen LogP contribution in [0.15, 0.2) is 18.2 Å². The maximum atomic E-state index is 5.81. The highest BCUT2D eigenvalue weighted by Crippen LogP contribution is 2.28. The maximum Gasteiger partial charge on any atom is 0.161 e. The molecule has 0 aromatic heterocycles. The molecule has 20 heavy (non-hydrogen) atoms. The predicted molar refractivity (Wildman–Crippen MR) is 84.5 cm³/mol. The predicted octanol–water partition coefficient (Wildman–Crippen LogP) is 4.01. The zero-order valence-electron chi connectivity index (χ0n) is 13.5. The maximum absolute atomic E-state index is 5.81. The molecule has 0 saturated carbocycles. The van der Waals surface area contributed by atoms with Crippen molar-refractivity contribution in [1.29, 1.82) is 0 Å². The molecule has 1 aromatic carbocycles. The third kappa shape index (κ3) is 6.29. The van der Waals surface area contributed by atoms with Crippen molar-refractivity contribution >= 4 is 0 Å². The molecule has 1 N–H and O–H groups in total. The largest absolute Gasteiger partial charge is 0.493 e. The topological polar surface area (TPSA) is 30.5 Å². The fourth-order valence-electron chi connectivity index (χ4n) is 1.94. The molecule has 0 amide bonds. The summed E-state index contributed by atoms with van der Waals surface area (Å²) >= 11 is 0. The van der Waals surface area contributed by atoms with Gasteiger partial charge < -0.3 is 14.8 Å². The zero-order valence-corrected chi connectivity index (χ0v) is 13.5. The van der Waals surface area contributed by atoms with Gasteiger partial charge in [-0.3, -0.25) is 0 Å². The first-order valence-corrected chi connectivity index (χ1v) is 7.56. The van der Waals surface area contributed by atoms with E-state index in [1.165, 1.54) is 12.0 Å². The Hall–Kier alpha value is -1.22. The van der Waals surface area contributed by atoms with E-state index in [2.05, 4.69) is 39.1 Å². The first-order valence-electron chi connectivity index (χ1n) is 7.56. The average molecular weight is 279 g/mol. The number of benzene rings is 1. The molecule has 0 fully saturated rings. The standard InChI is InChI=1S/C17H29NO2/c1-13(2)7-6-10-20-16-9-8-15(11-17(16)19-5)12-18-14(3)4/h8-9,11,13-14,18H,6-7,10,12H2,1-5H3. The smallest absolute Gasteiger partial charge is 0.161 e. The van der Waals surface area contributed by atoms with Gasteiger partial charge in [0.1, 0.15) is 0 Å². The summed E-state index contributed by atoms with van der Waals surface area (Å²) in [5.74, 6) is 2.38. The van der Waals surface area contributed by atoms with E-state index >= 15 is 0 Å². The third-order valence-corrected chi connectivity index (χ3v) is 3.13. The summed E-state index contributed by atoms with van der Waals surface area (Å²) in [4.78, 5) is 0. The van der Waals surface area contributed by atoms with Crippen LogP contribution in [-0.2, 0) is 6.54 Å². The summed E-state index contributed by atoms with van der Waals surface area (Å²) in [6.45, 7) is 10.3. The van der Waals surface area contributed by atoms with Gasteiger partial charge in [-0.05, 0) is 36.5 Å². The van der Waals surface area contributed by atoms with Crippen LogP contribution in [0.1, 0.15) is 46.1 Å². The number of ether oxygens (including phenoxy) is 2. The van der Waals surface area contributed by atoms with Crippen LogP contribution in [0.3, 0.4) is 0 Å². The Balaban J connectivity index is 2.54. The Morgan fingerprint density at radius 1 is 1.10 bits per heavy atom. The molecule has 0 unspecified atom stereocenters. The van der Waals surface area contributed by atoms with Gasteiger partial charge in [0.25, 0.3) is 0 Å². The molecule has 0 atom stereocenters. The minimum atomic E-state index is 0.480. The second kappa shape index (κ2) is 8.85. The van der Waals surface area contributed by atoms with Crippen LogP contribution < -0.4 is 14.8 Å². The minimum Gasteiger partial charge on any atom is -0.493 e. The van der Waals surface area contributed by atoms with Gasteiger partial charge in [-0.25, -0.2) is 0 Å². The van der Waals surface area contributed by atoms with Crippen molar-refractivity contribution < 1.29 is 9.47 Å². The van der Waals surface area contributed by atoms with Crippen molar-refractivity contribution in [3.8, 4) is 11.5 Å². The van der Waals surface area contributed by atoms with Crippen molar-refractivity contribution in [1.82, 2.24) is 5.32 Å². The molecule has 1 aromatic rings. The van der Waals surface area contributed by atoms with Crippen LogP contribution >= 0.6 is 0 Å². The molecule has 0 saturated heterocycles. The highest BCUT2D eigenvalue weighted by Gasteiger charge is 2.06. The first-order chi connectivity index (χ1) is 9.52. The number of hydrogen-bond acceptors (Lipinski definition) is 3. The van der Waals surface area contributed by atoms with Gasteiger partial charge in [-0.2, -0.15) is 0 Å². The highest BCUT2D eigenvalue weighted by molar-refractivity contribution is 5.42. The Kier molecular flexibility index (Phi) is 7.45. The van der Waals surface area contributed by atoms with Gasteiger partial charge in [0.15, 0.2) is 11.5 Å². The summed E-state index contributed by atoms with van der Waals surface area (Å²) < 4.78 is 11.2. The highest BCUT2D eigenvalue weighted by atomic mass is 16.5. The van der Waals surface area contributed by atoms with Crippen LogP contribution in [0.5, 0.6) is 11.5 Å². The molecule has 1 rings (SSSR count). The number of rotatable bonds is 9. The Morgan fingerprint density at radius 3 is 2.45 bits per heavy atom. The van der Waals surface area contributed by atoms with Crippen molar-refractivity contribution in [2.75, 3.05) is 13.7 Å². The van der Waals surface area contributed by atoms with E-state index in [-0.39, 0.29) is 0 Å². The van der Waals surface area contributed by atoms with Gasteiger partial charge in [0.2, 0.25) is 0 Å². The van der Waals surface area contributed by atoms with E-state index in [9.17, 15) is 0 Å². The van der Waals surface area contributed by atoms with E-state index in [1.807, 2.05) is 12.1 Å². The number of nitrogens with one attached hydrogen (secondary N) is 1. The van der Waals surface area contributed by atoms with E-state index in [0.717, 1.165) is 37.0 Å². The lowest BCUT2D eigenvalue weighted by atomic mass is 10.1. The van der Waals surface area contributed by atoms with Crippen molar-refractivity contribution in [3.05, 3.63) is 23.8 Å². The molecule has 0 radical (unpaired) electrons. The summed E-state index contributed by atoms with van der Waals surface area (Å²) in [6.07, 6.45) is 2.27. The zero-order chi connectivity index (χ0) is 15.0. The van der Waals surface area contributed by atoms with Crippen LogP contribution in [-0.4, -0.2) is 19.8 Å². The number of hydrogen-bond donors (Lipinski definition) is 1. The van der Waals surface area contributed by atoms with Crippen molar-refractivity contribution in [2.24, 2.45) is 5.92 Å². The average Bonchev–Trinajstić information content (AvgIpc) is 2.41. The lowest BCUT2D eigenvalue weighted by molar-refractivity contribution is 0.279. The monoisotopic (exact) mass is 279 g/mol. The van der Waals surface area contributed by atoms with Crippen LogP contribution in [0.4, 0.5) is 0 Å². The van der Waals surface area contributed by atoms with Crippen molar-refractivity contribution in [3.63, 3.8) is 0 Å². The molecule has 0 aliphatic rings. The fourth-order valence-corrected chi connectivity index (χ4v) is 1.94. The van der Waals surface area contributed by atoms with Gasteiger partial charge in [0, 0.05) is 12.6 Å². The van der Waals surface area contributed by atoms with E-state index < -0.39 is 0 Å². The van der Waals surface area contributed by atoms with E-state index in [1.54, 1.807) is 7.11 Å². The van der Waals surface area contributed by atoms with Crippen LogP contribution in [0, 0.1) is 5.92 Å². The fraction of sp³-hybridized carbons (Fsp3) is 0.647. The molecule has 0 heterocycles. The molecule has 114 valence electrons. The Morgan fingerprint density at radius 2 is 1.85 bits per heavy atom. The summed E-state index contributed by atoms with van der Waals surface area (Å²) in [7, 11) is 1.69. The normalized spacial score (nSPS) is 11.2. The summed E-state index contributed by atoms with van der Waals surface area (Å²) in [5.41, 5.74) is 1.21. The van der Waals surface area contributed by atoms with Gasteiger partial charge >= 0.3 is 0 Å². The summed E-state index contributed by atoms with van der Waals surface area (Å²) in [5, 5.41) is 3.40. The quantitative estimate of drug-likeness (QED) is 0.693. The van der Waals surface area contributed by atoms with E-state index in [4.69, 9.17) is 9.47 Å². The van der Waals surface area contributed by atoms with Crippen molar-refractivity contribution in [2.45, 2.75) is 53.1 Å². The first kappa shape index (κ1) is 16.8. The van der Waals surface area contributed by atoms with Gasteiger partial charge in [-0.1, -0.05) is 33.8 Å². The lowest BCUT2D eigenvalue weighted by Gasteiger charge is -2.14. The molecule has 3 heteroatoms. The van der Waals surface area contributed by atoms with Crippen LogP contribution in [0.2, 0.25) is 0 Å². The molecule has 0 spiro atoms. The van der Waals surface area contributed by atoms with Crippen LogP contribution in [0.25, 0.3) is 0 Å². The molecule has 0 bridgehead atoms. The second-order valence-electron chi connectivity index (χ2n) is 5.91. The Labute approximate surface area is 123 Å². The lowest BCUT2D eigenvalue weighted by Crippen LogP contribution is -2.21. The number of methoxy groups -OCH3 is 1. The van der Waals surface area contributed by atoms with Gasteiger partial charge in [-0.15, -0.1) is 0 Å². The van der Waals surface area contributed by atoms with E-state index in [0.29, 0.717) is 6.04 Å². The van der Waals surface area contributed by atoms with Gasteiger partial charge in [0.05, 0.1) is 13.7 Å². The second-order valence-corrected chi connectivity index (χ2v) is 5.91. The molecule has 0 aliphatic heterocycles. The molecule has 0 aliphatic carbocycles. The SMILES string of the molecule is COc1cc(CNC(C)C)ccc1OCCCC(C)C. The minimum absolute atomic E-state index is 0.480.